The molecule has 1 aliphatic heterocycles. The van der Waals surface area contributed by atoms with Crippen LogP contribution in [0.4, 0.5) is 4.79 Å². The molecule has 1 amide bonds. The number of nitrogens with one attached hydrogen (secondary N) is 1. The van der Waals surface area contributed by atoms with E-state index >= 15 is 0 Å². The van der Waals surface area contributed by atoms with Crippen LogP contribution in [-0.2, 0) is 0 Å². The molecule has 0 aromatic carbocycles. The lowest BCUT2D eigenvalue weighted by Crippen LogP contribution is -2.50. The zero-order valence-electron chi connectivity index (χ0n) is 7.03. The highest BCUT2D eigenvalue weighted by atomic mass is 16.4. The third kappa shape index (κ3) is 2.67. The van der Waals surface area contributed by atoms with Gasteiger partial charge in [-0.25, -0.2) is 4.79 Å². The van der Waals surface area contributed by atoms with Crippen LogP contribution in [-0.4, -0.2) is 53.5 Å². The van der Waals surface area contributed by atoms with E-state index in [0.717, 1.165) is 0 Å². The van der Waals surface area contributed by atoms with Gasteiger partial charge in [0.1, 0.15) is 0 Å². The highest BCUT2D eigenvalue weighted by Crippen LogP contribution is 2.08. The first kappa shape index (κ1) is 9.28. The Morgan fingerprint density at radius 2 is 2.25 bits per heavy atom. The van der Waals surface area contributed by atoms with Gasteiger partial charge in [0.25, 0.3) is 0 Å². The van der Waals surface area contributed by atoms with Crippen molar-refractivity contribution in [3.05, 3.63) is 0 Å². The predicted molar refractivity (Wildman–Crippen MR) is 43.1 cm³/mol. The molecule has 0 spiro atoms. The van der Waals surface area contributed by atoms with Gasteiger partial charge < -0.3 is 20.4 Å². The molecule has 2 unspecified atom stereocenters. The minimum absolute atomic E-state index is 0.142. The van der Waals surface area contributed by atoms with Gasteiger partial charge in [-0.3, -0.25) is 0 Å². The number of aliphatic hydroxyl groups excluding tert-OH is 1. The van der Waals surface area contributed by atoms with Crippen LogP contribution in [0, 0.1) is 0 Å². The van der Waals surface area contributed by atoms with Gasteiger partial charge in [0.05, 0.1) is 6.10 Å². The molecule has 3 N–H and O–H groups in total. The van der Waals surface area contributed by atoms with E-state index in [0.29, 0.717) is 19.5 Å². The standard InChI is InChI=1S/C7H14N2O3/c1-9-3-5(8-7(11)12)2-6(10)4-9/h5-6,8,10H,2-4H2,1H3,(H,11,12). The molecule has 0 aromatic rings. The van der Waals surface area contributed by atoms with Crippen molar-refractivity contribution in [1.29, 1.82) is 0 Å². The minimum atomic E-state index is -1.03. The highest BCUT2D eigenvalue weighted by Gasteiger charge is 2.24. The second-order valence-electron chi connectivity index (χ2n) is 3.26. The Morgan fingerprint density at radius 1 is 1.58 bits per heavy atom. The first-order valence-electron chi connectivity index (χ1n) is 3.94. The number of rotatable bonds is 1. The third-order valence-electron chi connectivity index (χ3n) is 1.94. The quantitative estimate of drug-likeness (QED) is 0.492. The van der Waals surface area contributed by atoms with Gasteiger partial charge in [-0.05, 0) is 13.5 Å². The molecule has 1 aliphatic rings. The number of likely N-dealkylation sites (N-methyl/N-ethyl adjacent to an activating group) is 1. The number of aliphatic hydroxyl groups is 1. The molecule has 0 aliphatic carbocycles. The number of piperidine rings is 1. The molecule has 0 bridgehead atoms. The van der Waals surface area contributed by atoms with Crippen molar-refractivity contribution < 1.29 is 15.0 Å². The van der Waals surface area contributed by atoms with Crippen molar-refractivity contribution in [1.82, 2.24) is 10.2 Å². The zero-order chi connectivity index (χ0) is 9.14. The number of hydrogen-bond acceptors (Lipinski definition) is 3. The van der Waals surface area contributed by atoms with E-state index in [1.54, 1.807) is 0 Å². The Morgan fingerprint density at radius 3 is 2.75 bits per heavy atom. The molecule has 1 fully saturated rings. The maximum absolute atomic E-state index is 10.3. The van der Waals surface area contributed by atoms with Crippen molar-refractivity contribution in [3.8, 4) is 0 Å². The minimum Gasteiger partial charge on any atom is -0.465 e. The maximum atomic E-state index is 10.3. The summed E-state index contributed by atoms with van der Waals surface area (Å²) in [7, 11) is 1.86. The summed E-state index contributed by atoms with van der Waals surface area (Å²) in [4.78, 5) is 12.2. The summed E-state index contributed by atoms with van der Waals surface area (Å²) in [6, 6.07) is -0.142. The van der Waals surface area contributed by atoms with Crippen molar-refractivity contribution >= 4 is 6.09 Å². The van der Waals surface area contributed by atoms with Crippen LogP contribution in [0.15, 0.2) is 0 Å². The molecule has 1 rings (SSSR count). The summed E-state index contributed by atoms with van der Waals surface area (Å²) < 4.78 is 0. The fourth-order valence-electron chi connectivity index (χ4n) is 1.57. The van der Waals surface area contributed by atoms with Gasteiger partial charge in [-0.2, -0.15) is 0 Å². The van der Waals surface area contributed by atoms with Crippen LogP contribution < -0.4 is 5.32 Å². The summed E-state index contributed by atoms with van der Waals surface area (Å²) >= 11 is 0. The van der Waals surface area contributed by atoms with Crippen LogP contribution in [0.3, 0.4) is 0 Å². The molecule has 70 valence electrons. The molecule has 5 heteroatoms. The molecule has 0 saturated carbocycles. The Labute approximate surface area is 71.0 Å². The van der Waals surface area contributed by atoms with E-state index in [-0.39, 0.29) is 6.04 Å². The van der Waals surface area contributed by atoms with Crippen molar-refractivity contribution in [3.63, 3.8) is 0 Å². The molecular weight excluding hydrogens is 160 g/mol. The second-order valence-corrected chi connectivity index (χ2v) is 3.26. The maximum Gasteiger partial charge on any atom is 0.404 e. The summed E-state index contributed by atoms with van der Waals surface area (Å²) in [6.45, 7) is 1.29. The van der Waals surface area contributed by atoms with Gasteiger partial charge >= 0.3 is 6.09 Å². The Bertz CT molecular complexity index is 164. The SMILES string of the molecule is CN1CC(O)CC(NC(=O)O)C1. The number of carboxylic acid groups (broad SMARTS) is 1. The van der Waals surface area contributed by atoms with Crippen LogP contribution >= 0.6 is 0 Å². The largest absolute Gasteiger partial charge is 0.465 e. The smallest absolute Gasteiger partial charge is 0.404 e. The van der Waals surface area contributed by atoms with E-state index in [9.17, 15) is 9.90 Å². The van der Waals surface area contributed by atoms with Gasteiger partial charge in [0.2, 0.25) is 0 Å². The van der Waals surface area contributed by atoms with Crippen LogP contribution in [0.25, 0.3) is 0 Å². The summed E-state index contributed by atoms with van der Waals surface area (Å²) in [5.74, 6) is 0. The number of amides is 1. The normalized spacial score (nSPS) is 31.5. The molecule has 5 nitrogen and oxygen atoms in total. The lowest BCUT2D eigenvalue weighted by atomic mass is 10.0. The van der Waals surface area contributed by atoms with E-state index in [4.69, 9.17) is 5.11 Å². The van der Waals surface area contributed by atoms with Crippen LogP contribution in [0.2, 0.25) is 0 Å². The summed E-state index contributed by atoms with van der Waals surface area (Å²) in [6.07, 6.45) is -0.931. The van der Waals surface area contributed by atoms with E-state index in [1.807, 2.05) is 11.9 Å². The summed E-state index contributed by atoms with van der Waals surface area (Å²) in [5, 5.41) is 20.1. The third-order valence-corrected chi connectivity index (χ3v) is 1.94. The number of β-amino-alcohol motifs (C(OH)–C–C–N with tert-alkyl or cyclic N) is 1. The highest BCUT2D eigenvalue weighted by molar-refractivity contribution is 5.64. The average molecular weight is 174 g/mol. The Balaban J connectivity index is 2.38. The number of likely N-dealkylation sites (tertiary alicyclic amines) is 1. The molecule has 1 heterocycles. The van der Waals surface area contributed by atoms with Crippen molar-refractivity contribution in [2.75, 3.05) is 20.1 Å². The molecular formula is C7H14N2O3. The lowest BCUT2D eigenvalue weighted by molar-refractivity contribution is 0.0650. The average Bonchev–Trinajstić information content (AvgIpc) is 1.81. The predicted octanol–water partition coefficient (Wildman–Crippen LogP) is -0.681. The fourth-order valence-corrected chi connectivity index (χ4v) is 1.57. The second kappa shape index (κ2) is 3.73. The van der Waals surface area contributed by atoms with E-state index < -0.39 is 12.2 Å². The first-order valence-corrected chi connectivity index (χ1v) is 3.94. The van der Waals surface area contributed by atoms with Gasteiger partial charge in [0, 0.05) is 19.1 Å². The van der Waals surface area contributed by atoms with Crippen molar-refractivity contribution in [2.24, 2.45) is 0 Å². The first-order chi connectivity index (χ1) is 5.58. The monoisotopic (exact) mass is 174 g/mol. The fraction of sp³-hybridized carbons (Fsp3) is 0.857. The van der Waals surface area contributed by atoms with Crippen LogP contribution in [0.1, 0.15) is 6.42 Å². The Hall–Kier alpha value is -0.810. The molecule has 2 atom stereocenters. The van der Waals surface area contributed by atoms with Gasteiger partial charge in [-0.15, -0.1) is 0 Å². The molecule has 0 radical (unpaired) electrons. The lowest BCUT2D eigenvalue weighted by Gasteiger charge is -2.32. The summed E-state index contributed by atoms with van der Waals surface area (Å²) in [5.41, 5.74) is 0. The zero-order valence-corrected chi connectivity index (χ0v) is 7.03. The van der Waals surface area contributed by atoms with Gasteiger partial charge in [0.15, 0.2) is 0 Å². The van der Waals surface area contributed by atoms with Crippen LogP contribution in [0.5, 0.6) is 0 Å². The van der Waals surface area contributed by atoms with E-state index in [2.05, 4.69) is 5.32 Å². The topological polar surface area (TPSA) is 72.8 Å². The molecule has 1 saturated heterocycles. The molecule has 12 heavy (non-hydrogen) atoms. The van der Waals surface area contributed by atoms with Gasteiger partial charge in [-0.1, -0.05) is 0 Å². The number of nitrogens with zero attached hydrogens (tertiary/aromatic N) is 1. The van der Waals surface area contributed by atoms with E-state index in [1.165, 1.54) is 0 Å². The van der Waals surface area contributed by atoms with Crippen molar-refractivity contribution in [2.45, 2.75) is 18.6 Å². The number of carbonyl (C=O) groups is 1. The Kier molecular flexibility index (Phi) is 2.88. The number of hydrogen-bond donors (Lipinski definition) is 3. The molecule has 0 aromatic heterocycles.